The monoisotopic (exact) mass is 392 g/mol. The zero-order valence-corrected chi connectivity index (χ0v) is 16.1. The summed E-state index contributed by atoms with van der Waals surface area (Å²) >= 11 is 1.64. The number of carbonyl (C=O) groups is 1. The van der Waals surface area contributed by atoms with Gasteiger partial charge in [-0.2, -0.15) is 0 Å². The van der Waals surface area contributed by atoms with Crippen LogP contribution in [0, 0.1) is 0 Å². The molecule has 0 bridgehead atoms. The highest BCUT2D eigenvalue weighted by molar-refractivity contribution is 7.14. The molecule has 1 amide bonds. The summed E-state index contributed by atoms with van der Waals surface area (Å²) in [6.07, 6.45) is 3.15. The molecule has 0 unspecified atom stereocenters. The maximum atomic E-state index is 12.4. The summed E-state index contributed by atoms with van der Waals surface area (Å²) in [7, 11) is 0. The molecule has 1 aromatic carbocycles. The van der Waals surface area contributed by atoms with Gasteiger partial charge in [-0.25, -0.2) is 9.78 Å². The van der Waals surface area contributed by atoms with E-state index >= 15 is 0 Å². The fraction of sp³-hybridized carbons (Fsp3) is 0.286. The number of carbonyl (C=O) groups excluding carboxylic acids is 1. The zero-order chi connectivity index (χ0) is 19.0. The minimum atomic E-state index is -0.398. The van der Waals surface area contributed by atoms with Crippen molar-refractivity contribution < 1.29 is 9.53 Å². The predicted molar refractivity (Wildman–Crippen MR) is 110 cm³/mol. The van der Waals surface area contributed by atoms with E-state index in [1.165, 1.54) is 0 Å². The Balaban J connectivity index is 1.27. The fourth-order valence-corrected chi connectivity index (χ4v) is 4.71. The Bertz CT molecular complexity index is 968. The SMILES string of the molecule is O=C1OC2(CCN(c3nc(-c4ccccn4)cs3)CC2)CN1c1ccccc1. The number of anilines is 2. The van der Waals surface area contributed by atoms with Crippen LogP contribution in [0.5, 0.6) is 0 Å². The first kappa shape index (κ1) is 17.2. The Kier molecular flexibility index (Phi) is 4.24. The number of benzene rings is 1. The van der Waals surface area contributed by atoms with E-state index in [2.05, 4.69) is 15.3 Å². The first-order chi connectivity index (χ1) is 13.7. The van der Waals surface area contributed by atoms with Crippen LogP contribution in [0.15, 0.2) is 60.1 Å². The van der Waals surface area contributed by atoms with Gasteiger partial charge in [-0.05, 0) is 24.3 Å². The molecule has 2 saturated heterocycles. The minimum Gasteiger partial charge on any atom is -0.440 e. The van der Waals surface area contributed by atoms with E-state index in [0.29, 0.717) is 6.54 Å². The number of ether oxygens (including phenoxy) is 1. The summed E-state index contributed by atoms with van der Waals surface area (Å²) in [4.78, 5) is 25.6. The number of pyridine rings is 1. The van der Waals surface area contributed by atoms with Gasteiger partial charge in [0.15, 0.2) is 5.13 Å². The second kappa shape index (κ2) is 6.91. The Morgan fingerprint density at radius 2 is 1.79 bits per heavy atom. The summed E-state index contributed by atoms with van der Waals surface area (Å²) < 4.78 is 5.85. The summed E-state index contributed by atoms with van der Waals surface area (Å²) in [5.41, 5.74) is 2.29. The van der Waals surface area contributed by atoms with Gasteiger partial charge < -0.3 is 9.64 Å². The molecule has 0 N–H and O–H groups in total. The van der Waals surface area contributed by atoms with E-state index in [1.807, 2.05) is 48.5 Å². The van der Waals surface area contributed by atoms with E-state index in [-0.39, 0.29) is 6.09 Å². The molecule has 1 spiro atoms. The van der Waals surface area contributed by atoms with Crippen molar-refractivity contribution in [2.75, 3.05) is 29.4 Å². The van der Waals surface area contributed by atoms with Crippen molar-refractivity contribution in [3.8, 4) is 11.4 Å². The molecule has 3 aromatic rings. The summed E-state index contributed by atoms with van der Waals surface area (Å²) in [5.74, 6) is 0. The molecule has 2 fully saturated rings. The molecule has 7 heteroatoms. The molecule has 2 aliphatic rings. The van der Waals surface area contributed by atoms with E-state index < -0.39 is 5.60 Å². The number of hydrogen-bond acceptors (Lipinski definition) is 6. The fourth-order valence-electron chi connectivity index (χ4n) is 3.84. The standard InChI is InChI=1S/C21H20N4O2S/c26-20-25(16-6-2-1-3-7-16)15-21(27-20)9-12-24(13-10-21)19-23-18(14-28-19)17-8-4-5-11-22-17/h1-8,11,14H,9-10,12-13,15H2. The van der Waals surface area contributed by atoms with Crippen LogP contribution in [0.3, 0.4) is 0 Å². The van der Waals surface area contributed by atoms with Gasteiger partial charge in [0.1, 0.15) is 11.3 Å². The first-order valence-electron chi connectivity index (χ1n) is 9.40. The van der Waals surface area contributed by atoms with Gasteiger partial charge in [-0.3, -0.25) is 9.88 Å². The normalized spacial score (nSPS) is 18.5. The highest BCUT2D eigenvalue weighted by atomic mass is 32.1. The molecular formula is C21H20N4O2S. The lowest BCUT2D eigenvalue weighted by Crippen LogP contribution is -2.47. The van der Waals surface area contributed by atoms with Crippen LogP contribution >= 0.6 is 11.3 Å². The molecule has 2 aliphatic heterocycles. The van der Waals surface area contributed by atoms with Crippen molar-refractivity contribution in [3.05, 3.63) is 60.1 Å². The van der Waals surface area contributed by atoms with E-state index in [1.54, 1.807) is 22.4 Å². The third-order valence-corrected chi connectivity index (χ3v) is 6.30. The largest absolute Gasteiger partial charge is 0.440 e. The summed E-state index contributed by atoms with van der Waals surface area (Å²) in [5, 5.41) is 3.05. The average molecular weight is 392 g/mol. The third kappa shape index (κ3) is 3.11. The number of amides is 1. The summed E-state index contributed by atoms with van der Waals surface area (Å²) in [6.45, 7) is 2.26. The van der Waals surface area contributed by atoms with Gasteiger partial charge in [0.2, 0.25) is 0 Å². The van der Waals surface area contributed by atoms with Crippen molar-refractivity contribution in [1.82, 2.24) is 9.97 Å². The third-order valence-electron chi connectivity index (χ3n) is 5.40. The highest BCUT2D eigenvalue weighted by Gasteiger charge is 2.47. The number of para-hydroxylation sites is 1. The molecule has 0 aliphatic carbocycles. The second-order valence-corrected chi connectivity index (χ2v) is 8.03. The van der Waals surface area contributed by atoms with Crippen LogP contribution < -0.4 is 9.80 Å². The van der Waals surface area contributed by atoms with Crippen molar-refractivity contribution in [2.45, 2.75) is 18.4 Å². The Morgan fingerprint density at radius 3 is 2.54 bits per heavy atom. The predicted octanol–water partition coefficient (Wildman–Crippen LogP) is 4.20. The molecule has 6 nitrogen and oxygen atoms in total. The smallest absolute Gasteiger partial charge is 0.415 e. The molecule has 5 rings (SSSR count). The maximum absolute atomic E-state index is 12.4. The van der Waals surface area contributed by atoms with Gasteiger partial charge >= 0.3 is 6.09 Å². The average Bonchev–Trinajstić information content (AvgIpc) is 3.35. The molecule has 0 radical (unpaired) electrons. The number of piperidine rings is 1. The number of nitrogens with zero attached hydrogens (tertiary/aromatic N) is 4. The molecule has 142 valence electrons. The lowest BCUT2D eigenvalue weighted by atomic mass is 9.91. The second-order valence-electron chi connectivity index (χ2n) is 7.19. The van der Waals surface area contributed by atoms with Crippen LogP contribution in [0.25, 0.3) is 11.4 Å². The minimum absolute atomic E-state index is 0.244. The van der Waals surface area contributed by atoms with Crippen molar-refractivity contribution >= 4 is 28.2 Å². The van der Waals surface area contributed by atoms with E-state index in [0.717, 1.165) is 48.1 Å². The topological polar surface area (TPSA) is 58.6 Å². The molecule has 0 saturated carbocycles. The molecule has 28 heavy (non-hydrogen) atoms. The maximum Gasteiger partial charge on any atom is 0.415 e. The van der Waals surface area contributed by atoms with Crippen molar-refractivity contribution in [2.24, 2.45) is 0 Å². The quantitative estimate of drug-likeness (QED) is 0.669. The molecule has 4 heterocycles. The Labute approximate surface area is 167 Å². The van der Waals surface area contributed by atoms with E-state index in [4.69, 9.17) is 9.72 Å². The van der Waals surface area contributed by atoms with Crippen LogP contribution in [0.2, 0.25) is 0 Å². The van der Waals surface area contributed by atoms with Crippen LogP contribution in [0.1, 0.15) is 12.8 Å². The Hall–Kier alpha value is -2.93. The van der Waals surface area contributed by atoms with E-state index in [9.17, 15) is 4.79 Å². The highest BCUT2D eigenvalue weighted by Crippen LogP contribution is 2.37. The molecule has 2 aromatic heterocycles. The van der Waals surface area contributed by atoms with Gasteiger partial charge in [0.05, 0.1) is 12.2 Å². The van der Waals surface area contributed by atoms with Gasteiger partial charge in [0.25, 0.3) is 0 Å². The first-order valence-corrected chi connectivity index (χ1v) is 10.3. The summed E-state index contributed by atoms with van der Waals surface area (Å²) in [6, 6.07) is 15.6. The van der Waals surface area contributed by atoms with Crippen LogP contribution in [0.4, 0.5) is 15.6 Å². The van der Waals surface area contributed by atoms with Gasteiger partial charge in [-0.1, -0.05) is 24.3 Å². The van der Waals surface area contributed by atoms with Crippen LogP contribution in [-0.4, -0.2) is 41.3 Å². The van der Waals surface area contributed by atoms with Gasteiger partial charge in [0, 0.05) is 43.2 Å². The number of aromatic nitrogens is 2. The molecule has 0 atom stereocenters. The van der Waals surface area contributed by atoms with Crippen molar-refractivity contribution in [3.63, 3.8) is 0 Å². The Morgan fingerprint density at radius 1 is 1.00 bits per heavy atom. The van der Waals surface area contributed by atoms with Crippen LogP contribution in [-0.2, 0) is 4.74 Å². The number of rotatable bonds is 3. The lowest BCUT2D eigenvalue weighted by Gasteiger charge is -2.37. The van der Waals surface area contributed by atoms with Crippen molar-refractivity contribution in [1.29, 1.82) is 0 Å². The number of hydrogen-bond donors (Lipinski definition) is 0. The number of thiazole rings is 1. The van der Waals surface area contributed by atoms with Gasteiger partial charge in [-0.15, -0.1) is 11.3 Å². The lowest BCUT2D eigenvalue weighted by molar-refractivity contribution is 0.0367. The zero-order valence-electron chi connectivity index (χ0n) is 15.3. The molecular weight excluding hydrogens is 372 g/mol.